The summed E-state index contributed by atoms with van der Waals surface area (Å²) < 4.78 is 19.2. The highest BCUT2D eigenvalue weighted by Gasteiger charge is 2.22. The lowest BCUT2D eigenvalue weighted by atomic mass is 10.1. The number of nitrogens with zero attached hydrogens (tertiary/aromatic N) is 2. The van der Waals surface area contributed by atoms with Gasteiger partial charge in [-0.15, -0.1) is 0 Å². The minimum absolute atomic E-state index is 0.321. The van der Waals surface area contributed by atoms with E-state index in [4.69, 9.17) is 4.74 Å². The molecule has 2 aromatic rings. The van der Waals surface area contributed by atoms with Gasteiger partial charge in [0.15, 0.2) is 0 Å². The second kappa shape index (κ2) is 6.24. The lowest BCUT2D eigenvalue weighted by molar-refractivity contribution is 0.398. The maximum Gasteiger partial charge on any atom is 0.146 e. The summed E-state index contributed by atoms with van der Waals surface area (Å²) in [6.45, 7) is 2.61. The van der Waals surface area contributed by atoms with Crippen molar-refractivity contribution in [2.24, 2.45) is 0 Å². The van der Waals surface area contributed by atoms with Gasteiger partial charge in [-0.1, -0.05) is 6.92 Å². The van der Waals surface area contributed by atoms with Crippen LogP contribution in [0.1, 0.15) is 24.4 Å². The number of methoxy groups -OCH3 is 1. The summed E-state index contributed by atoms with van der Waals surface area (Å²) in [7, 11) is 1.57. The van der Waals surface area contributed by atoms with Crippen LogP contribution in [0.25, 0.3) is 0 Å². The Kier molecular flexibility index (Phi) is 4.41. The Labute approximate surface area is 111 Å². The molecule has 0 aliphatic heterocycles. The van der Waals surface area contributed by atoms with Crippen molar-refractivity contribution < 1.29 is 9.13 Å². The zero-order valence-corrected chi connectivity index (χ0v) is 10.9. The Hall–Kier alpha value is -2.01. The number of ether oxygens (including phenoxy) is 1. The monoisotopic (exact) mass is 261 g/mol. The van der Waals surface area contributed by atoms with Crippen molar-refractivity contribution in [3.05, 3.63) is 53.9 Å². The van der Waals surface area contributed by atoms with Gasteiger partial charge < -0.3 is 10.1 Å². The standard InChI is InChI=1S/C14H16FN3O/c1-3-16-14(12-10(15)6-4-8-17-12)13-11(19-2)7-5-9-18-13/h4-9,14,16H,3H2,1-2H3. The summed E-state index contributed by atoms with van der Waals surface area (Å²) in [6.07, 6.45) is 3.22. The Morgan fingerprint density at radius 2 is 1.89 bits per heavy atom. The van der Waals surface area contributed by atoms with Crippen LogP contribution >= 0.6 is 0 Å². The third-order valence-electron chi connectivity index (χ3n) is 2.76. The van der Waals surface area contributed by atoms with E-state index in [1.807, 2.05) is 6.92 Å². The van der Waals surface area contributed by atoms with Gasteiger partial charge in [-0.05, 0) is 30.8 Å². The van der Waals surface area contributed by atoms with Crippen molar-refractivity contribution in [2.75, 3.05) is 13.7 Å². The van der Waals surface area contributed by atoms with Crippen molar-refractivity contribution in [1.82, 2.24) is 15.3 Å². The van der Waals surface area contributed by atoms with Gasteiger partial charge in [0.25, 0.3) is 0 Å². The fraction of sp³-hybridized carbons (Fsp3) is 0.286. The zero-order chi connectivity index (χ0) is 13.7. The number of halogens is 1. The maximum atomic E-state index is 13.9. The summed E-state index contributed by atoms with van der Waals surface area (Å²) >= 11 is 0. The molecule has 2 rings (SSSR count). The molecular weight excluding hydrogens is 245 g/mol. The number of pyridine rings is 2. The first-order valence-corrected chi connectivity index (χ1v) is 6.10. The SMILES string of the molecule is CCNC(c1ncccc1F)c1ncccc1OC. The first kappa shape index (κ1) is 13.4. The molecule has 0 bridgehead atoms. The summed E-state index contributed by atoms with van der Waals surface area (Å²) in [5.74, 6) is 0.250. The van der Waals surface area contributed by atoms with Crippen molar-refractivity contribution in [3.8, 4) is 5.75 Å². The van der Waals surface area contributed by atoms with Crippen molar-refractivity contribution >= 4 is 0 Å². The summed E-state index contributed by atoms with van der Waals surface area (Å²) in [6, 6.07) is 6.11. The Balaban J connectivity index is 2.49. The largest absolute Gasteiger partial charge is 0.495 e. The van der Waals surface area contributed by atoms with E-state index in [0.717, 1.165) is 0 Å². The molecule has 0 radical (unpaired) electrons. The van der Waals surface area contributed by atoms with Crippen LogP contribution in [0, 0.1) is 5.82 Å². The predicted octanol–water partition coefficient (Wildman–Crippen LogP) is 2.32. The number of rotatable bonds is 5. The summed E-state index contributed by atoms with van der Waals surface area (Å²) in [5, 5.41) is 3.19. The molecule has 19 heavy (non-hydrogen) atoms. The highest BCUT2D eigenvalue weighted by atomic mass is 19.1. The van der Waals surface area contributed by atoms with Crippen molar-refractivity contribution in [1.29, 1.82) is 0 Å². The van der Waals surface area contributed by atoms with E-state index in [2.05, 4.69) is 15.3 Å². The van der Waals surface area contributed by atoms with Gasteiger partial charge in [-0.2, -0.15) is 0 Å². The quantitative estimate of drug-likeness (QED) is 0.897. The number of hydrogen-bond acceptors (Lipinski definition) is 4. The Bertz CT molecular complexity index is 548. The molecule has 0 spiro atoms. The number of aromatic nitrogens is 2. The van der Waals surface area contributed by atoms with Crippen molar-refractivity contribution in [2.45, 2.75) is 13.0 Å². The molecule has 0 aliphatic carbocycles. The first-order valence-electron chi connectivity index (χ1n) is 6.10. The zero-order valence-electron chi connectivity index (χ0n) is 10.9. The van der Waals surface area contributed by atoms with E-state index in [0.29, 0.717) is 23.7 Å². The molecular formula is C14H16FN3O. The average molecular weight is 261 g/mol. The minimum atomic E-state index is -0.428. The van der Waals surface area contributed by atoms with Crippen LogP contribution < -0.4 is 10.1 Å². The van der Waals surface area contributed by atoms with E-state index in [1.165, 1.54) is 6.07 Å². The van der Waals surface area contributed by atoms with Gasteiger partial charge in [-0.3, -0.25) is 9.97 Å². The van der Waals surface area contributed by atoms with Gasteiger partial charge >= 0.3 is 0 Å². The molecule has 4 nitrogen and oxygen atoms in total. The average Bonchev–Trinajstić information content (AvgIpc) is 2.46. The van der Waals surface area contributed by atoms with Crippen LogP contribution in [-0.2, 0) is 0 Å². The van der Waals surface area contributed by atoms with Gasteiger partial charge in [0.05, 0.1) is 18.8 Å². The van der Waals surface area contributed by atoms with E-state index >= 15 is 0 Å². The van der Waals surface area contributed by atoms with Gasteiger partial charge in [0, 0.05) is 12.4 Å². The molecule has 0 fully saturated rings. The molecule has 1 N–H and O–H groups in total. The molecule has 0 aromatic carbocycles. The van der Waals surface area contributed by atoms with Gasteiger partial charge in [-0.25, -0.2) is 4.39 Å². The maximum absolute atomic E-state index is 13.9. The van der Waals surface area contributed by atoms with Gasteiger partial charge in [0.1, 0.15) is 17.3 Å². The van der Waals surface area contributed by atoms with Crippen LogP contribution in [0.3, 0.4) is 0 Å². The fourth-order valence-corrected chi connectivity index (χ4v) is 1.93. The topological polar surface area (TPSA) is 47.0 Å². The van der Waals surface area contributed by atoms with E-state index < -0.39 is 6.04 Å². The predicted molar refractivity (Wildman–Crippen MR) is 70.5 cm³/mol. The normalized spacial score (nSPS) is 12.2. The third-order valence-corrected chi connectivity index (χ3v) is 2.76. The van der Waals surface area contributed by atoms with Crippen LogP contribution in [0.15, 0.2) is 36.7 Å². The van der Waals surface area contributed by atoms with Gasteiger partial charge in [0.2, 0.25) is 0 Å². The molecule has 0 aliphatic rings. The minimum Gasteiger partial charge on any atom is -0.495 e. The fourth-order valence-electron chi connectivity index (χ4n) is 1.93. The highest BCUT2D eigenvalue weighted by molar-refractivity contribution is 5.34. The molecule has 1 atom stereocenters. The van der Waals surface area contributed by atoms with E-state index in [-0.39, 0.29) is 5.82 Å². The second-order valence-corrected chi connectivity index (χ2v) is 3.95. The third kappa shape index (κ3) is 2.88. The first-order chi connectivity index (χ1) is 9.27. The number of hydrogen-bond donors (Lipinski definition) is 1. The summed E-state index contributed by atoms with van der Waals surface area (Å²) in [5.41, 5.74) is 0.950. The Morgan fingerprint density at radius 3 is 2.53 bits per heavy atom. The van der Waals surface area contributed by atoms with Crippen LogP contribution in [0.2, 0.25) is 0 Å². The molecule has 100 valence electrons. The molecule has 0 saturated carbocycles. The van der Waals surface area contributed by atoms with E-state index in [9.17, 15) is 4.39 Å². The van der Waals surface area contributed by atoms with E-state index in [1.54, 1.807) is 37.7 Å². The lowest BCUT2D eigenvalue weighted by Gasteiger charge is -2.19. The second-order valence-electron chi connectivity index (χ2n) is 3.95. The lowest BCUT2D eigenvalue weighted by Crippen LogP contribution is -2.25. The molecule has 1 unspecified atom stereocenters. The number of nitrogens with one attached hydrogen (secondary N) is 1. The highest BCUT2D eigenvalue weighted by Crippen LogP contribution is 2.27. The van der Waals surface area contributed by atoms with Crippen LogP contribution in [-0.4, -0.2) is 23.6 Å². The molecule has 5 heteroatoms. The summed E-state index contributed by atoms with van der Waals surface area (Å²) in [4.78, 5) is 8.41. The molecule has 0 amide bonds. The smallest absolute Gasteiger partial charge is 0.146 e. The Morgan fingerprint density at radius 1 is 1.21 bits per heavy atom. The molecule has 2 aromatic heterocycles. The molecule has 2 heterocycles. The van der Waals surface area contributed by atoms with Crippen LogP contribution in [0.4, 0.5) is 4.39 Å². The van der Waals surface area contributed by atoms with Crippen molar-refractivity contribution in [3.63, 3.8) is 0 Å². The molecule has 0 saturated heterocycles. The van der Waals surface area contributed by atoms with Crippen LogP contribution in [0.5, 0.6) is 5.75 Å².